The summed E-state index contributed by atoms with van der Waals surface area (Å²) in [7, 11) is 0. The minimum atomic E-state index is -0.235. The molecule has 3 aromatic rings. The van der Waals surface area contributed by atoms with E-state index in [4.69, 9.17) is 0 Å². The highest BCUT2D eigenvalue weighted by Gasteiger charge is 2.32. The van der Waals surface area contributed by atoms with Gasteiger partial charge in [0.25, 0.3) is 5.91 Å². The van der Waals surface area contributed by atoms with Crippen LogP contribution in [0.4, 0.5) is 5.69 Å². The first kappa shape index (κ1) is 14.5. The standard InChI is InChI=1S/C20H17N3O/c24-20-17-10-4-5-11-18(17)22-19(16-9-6-12-21-13-16)23(20)14-15-7-2-1-3-8-15/h1-13,19,22H,14H2/t19-/m1/s1. The topological polar surface area (TPSA) is 45.2 Å². The summed E-state index contributed by atoms with van der Waals surface area (Å²) in [4.78, 5) is 19.1. The highest BCUT2D eigenvalue weighted by molar-refractivity contribution is 6.01. The largest absolute Gasteiger partial charge is 0.361 e. The van der Waals surface area contributed by atoms with Crippen LogP contribution in [0.3, 0.4) is 0 Å². The van der Waals surface area contributed by atoms with Crippen LogP contribution in [0.2, 0.25) is 0 Å². The summed E-state index contributed by atoms with van der Waals surface area (Å²) < 4.78 is 0. The van der Waals surface area contributed by atoms with E-state index in [-0.39, 0.29) is 12.1 Å². The molecule has 4 nitrogen and oxygen atoms in total. The number of aromatic nitrogens is 1. The van der Waals surface area contributed by atoms with E-state index >= 15 is 0 Å². The van der Waals surface area contributed by atoms with Gasteiger partial charge in [-0.15, -0.1) is 0 Å². The van der Waals surface area contributed by atoms with E-state index in [0.29, 0.717) is 12.1 Å². The average Bonchev–Trinajstić information content (AvgIpc) is 2.65. The SMILES string of the molecule is O=C1c2ccccc2N[C@@H](c2cccnc2)N1Cc1ccccc1. The maximum Gasteiger partial charge on any atom is 0.258 e. The number of nitrogens with zero attached hydrogens (tertiary/aromatic N) is 2. The maximum absolute atomic E-state index is 13.1. The minimum absolute atomic E-state index is 0.0297. The molecule has 1 aliphatic heterocycles. The number of rotatable bonds is 3. The van der Waals surface area contributed by atoms with E-state index in [1.807, 2.05) is 71.6 Å². The monoisotopic (exact) mass is 315 g/mol. The second kappa shape index (κ2) is 6.16. The third-order valence-corrected chi connectivity index (χ3v) is 4.22. The van der Waals surface area contributed by atoms with Gasteiger partial charge in [-0.1, -0.05) is 48.5 Å². The lowest BCUT2D eigenvalue weighted by atomic mass is 10.0. The third-order valence-electron chi connectivity index (χ3n) is 4.22. The molecule has 0 aliphatic carbocycles. The Bertz CT molecular complexity index is 849. The molecule has 4 heteroatoms. The number of benzene rings is 2. The molecule has 0 bridgehead atoms. The number of pyridine rings is 1. The molecule has 4 rings (SSSR count). The molecule has 118 valence electrons. The molecule has 1 aliphatic rings. The molecule has 2 aromatic carbocycles. The zero-order valence-corrected chi connectivity index (χ0v) is 13.1. The van der Waals surface area contributed by atoms with Gasteiger partial charge in [0, 0.05) is 30.2 Å². The van der Waals surface area contributed by atoms with Crippen LogP contribution in [0.25, 0.3) is 0 Å². The highest BCUT2D eigenvalue weighted by Crippen LogP contribution is 2.33. The number of amides is 1. The zero-order valence-electron chi connectivity index (χ0n) is 13.1. The van der Waals surface area contributed by atoms with E-state index in [0.717, 1.165) is 16.8 Å². The molecule has 0 fully saturated rings. The normalized spacial score (nSPS) is 16.4. The van der Waals surface area contributed by atoms with Gasteiger partial charge >= 0.3 is 0 Å². The summed E-state index contributed by atoms with van der Waals surface area (Å²) in [6.07, 6.45) is 3.31. The van der Waals surface area contributed by atoms with E-state index in [2.05, 4.69) is 10.3 Å². The molecule has 0 unspecified atom stereocenters. The van der Waals surface area contributed by atoms with Crippen LogP contribution < -0.4 is 5.32 Å². The Morgan fingerprint density at radius 2 is 1.75 bits per heavy atom. The molecule has 0 radical (unpaired) electrons. The lowest BCUT2D eigenvalue weighted by Crippen LogP contribution is -2.42. The lowest BCUT2D eigenvalue weighted by Gasteiger charge is -2.38. The predicted octanol–water partition coefficient (Wildman–Crippen LogP) is 3.85. The van der Waals surface area contributed by atoms with Crippen molar-refractivity contribution in [3.8, 4) is 0 Å². The summed E-state index contributed by atoms with van der Waals surface area (Å²) in [5.41, 5.74) is 3.63. The number of carbonyl (C=O) groups excluding carboxylic acids is 1. The lowest BCUT2D eigenvalue weighted by molar-refractivity contribution is 0.0666. The minimum Gasteiger partial charge on any atom is -0.361 e. The molecular formula is C20H17N3O. The smallest absolute Gasteiger partial charge is 0.258 e. The summed E-state index contributed by atoms with van der Waals surface area (Å²) in [6.45, 7) is 0.542. The molecule has 24 heavy (non-hydrogen) atoms. The fourth-order valence-electron chi connectivity index (χ4n) is 3.04. The molecule has 0 spiro atoms. The molecule has 1 aromatic heterocycles. The van der Waals surface area contributed by atoms with Crippen LogP contribution in [-0.2, 0) is 6.54 Å². The number of para-hydroxylation sites is 1. The van der Waals surface area contributed by atoms with Crippen molar-refractivity contribution in [3.05, 3.63) is 95.8 Å². The second-order valence-electron chi connectivity index (χ2n) is 5.80. The van der Waals surface area contributed by atoms with Gasteiger partial charge in [0.05, 0.1) is 5.56 Å². The summed E-state index contributed by atoms with van der Waals surface area (Å²) in [6, 6.07) is 21.5. The third kappa shape index (κ3) is 2.63. The van der Waals surface area contributed by atoms with Gasteiger partial charge in [-0.2, -0.15) is 0 Å². The van der Waals surface area contributed by atoms with Crippen LogP contribution in [0.1, 0.15) is 27.7 Å². The maximum atomic E-state index is 13.1. The fraction of sp³-hybridized carbons (Fsp3) is 0.100. The average molecular weight is 315 g/mol. The van der Waals surface area contributed by atoms with Gasteiger partial charge in [-0.05, 0) is 23.8 Å². The van der Waals surface area contributed by atoms with Crippen molar-refractivity contribution in [1.29, 1.82) is 0 Å². The highest BCUT2D eigenvalue weighted by atomic mass is 16.2. The Morgan fingerprint density at radius 1 is 0.958 bits per heavy atom. The Kier molecular flexibility index (Phi) is 3.71. The summed E-state index contributed by atoms with van der Waals surface area (Å²) in [5.74, 6) is 0.0297. The molecule has 1 amide bonds. The molecule has 2 heterocycles. The number of fused-ring (bicyclic) bond motifs is 1. The number of hydrogen-bond donors (Lipinski definition) is 1. The first-order chi connectivity index (χ1) is 11.8. The molecule has 0 saturated heterocycles. The number of anilines is 1. The van der Waals surface area contributed by atoms with Crippen molar-refractivity contribution in [2.24, 2.45) is 0 Å². The van der Waals surface area contributed by atoms with Crippen LogP contribution >= 0.6 is 0 Å². The van der Waals surface area contributed by atoms with Crippen LogP contribution in [-0.4, -0.2) is 15.8 Å². The zero-order chi connectivity index (χ0) is 16.4. The second-order valence-corrected chi connectivity index (χ2v) is 5.80. The predicted molar refractivity (Wildman–Crippen MR) is 93.4 cm³/mol. The molecule has 0 saturated carbocycles. The van der Waals surface area contributed by atoms with E-state index in [1.165, 1.54) is 0 Å². The Morgan fingerprint density at radius 3 is 2.54 bits per heavy atom. The van der Waals surface area contributed by atoms with Crippen LogP contribution in [0.5, 0.6) is 0 Å². The molecular weight excluding hydrogens is 298 g/mol. The Labute approximate surface area is 140 Å². The van der Waals surface area contributed by atoms with E-state index in [1.54, 1.807) is 12.4 Å². The number of carbonyl (C=O) groups is 1. The quantitative estimate of drug-likeness (QED) is 0.798. The van der Waals surface area contributed by atoms with Gasteiger partial charge < -0.3 is 10.2 Å². The van der Waals surface area contributed by atoms with Crippen molar-refractivity contribution in [2.45, 2.75) is 12.7 Å². The van der Waals surface area contributed by atoms with Crippen molar-refractivity contribution < 1.29 is 4.79 Å². The van der Waals surface area contributed by atoms with E-state index in [9.17, 15) is 4.79 Å². The fourth-order valence-corrected chi connectivity index (χ4v) is 3.04. The first-order valence-electron chi connectivity index (χ1n) is 7.93. The molecule has 1 N–H and O–H groups in total. The van der Waals surface area contributed by atoms with Gasteiger partial charge in [0.1, 0.15) is 6.17 Å². The van der Waals surface area contributed by atoms with E-state index < -0.39 is 0 Å². The summed E-state index contributed by atoms with van der Waals surface area (Å²) in [5, 5.41) is 3.48. The van der Waals surface area contributed by atoms with Crippen molar-refractivity contribution in [3.63, 3.8) is 0 Å². The van der Waals surface area contributed by atoms with Crippen molar-refractivity contribution >= 4 is 11.6 Å². The number of nitrogens with one attached hydrogen (secondary N) is 1. The number of hydrogen-bond acceptors (Lipinski definition) is 3. The van der Waals surface area contributed by atoms with Crippen LogP contribution in [0.15, 0.2) is 79.1 Å². The Hall–Kier alpha value is -3.14. The van der Waals surface area contributed by atoms with Crippen LogP contribution in [0, 0.1) is 0 Å². The first-order valence-corrected chi connectivity index (χ1v) is 7.93. The summed E-state index contributed by atoms with van der Waals surface area (Å²) >= 11 is 0. The van der Waals surface area contributed by atoms with Gasteiger partial charge in [0.2, 0.25) is 0 Å². The van der Waals surface area contributed by atoms with Crippen molar-refractivity contribution in [2.75, 3.05) is 5.32 Å². The van der Waals surface area contributed by atoms with Gasteiger partial charge in [-0.25, -0.2) is 0 Å². The Balaban J connectivity index is 1.76. The molecule has 1 atom stereocenters. The van der Waals surface area contributed by atoms with Gasteiger partial charge in [-0.3, -0.25) is 9.78 Å². The van der Waals surface area contributed by atoms with Gasteiger partial charge in [0.15, 0.2) is 0 Å². The van der Waals surface area contributed by atoms with Crippen molar-refractivity contribution in [1.82, 2.24) is 9.88 Å².